The van der Waals surface area contributed by atoms with Gasteiger partial charge in [0.25, 0.3) is 0 Å². The molecule has 0 fully saturated rings. The molecular weight excluding hydrogens is 469 g/mol. The van der Waals surface area contributed by atoms with Crippen LogP contribution in [-0.2, 0) is 4.79 Å². The number of aliphatic carboxylic acids is 1. The first-order chi connectivity index (χ1) is 17.9. The summed E-state index contributed by atoms with van der Waals surface area (Å²) in [7, 11) is 0. The largest absolute Gasteiger partial charge is 0.489 e. The Labute approximate surface area is 215 Å². The first-order valence-electron chi connectivity index (χ1n) is 12.6. The molecule has 0 saturated carbocycles. The molecule has 0 aromatic heterocycles. The highest BCUT2D eigenvalue weighted by molar-refractivity contribution is 5.86. The Morgan fingerprint density at radius 3 is 2.65 bits per heavy atom. The number of benzene rings is 4. The molecule has 1 heterocycles. The average molecular weight is 500 g/mol. The van der Waals surface area contributed by atoms with Crippen molar-refractivity contribution in [1.29, 1.82) is 0 Å². The van der Waals surface area contributed by atoms with Crippen molar-refractivity contribution < 1.29 is 23.8 Å². The summed E-state index contributed by atoms with van der Waals surface area (Å²) in [6.07, 6.45) is -0.574. The SMILES string of the molecule is CC(Oc1cc([C@@H]2C[C@H](CN[C@H](C)c3cccc4ccccc34)Oc3ccccc32)ccc1F)C(=O)O. The number of carbonyl (C=O) groups is 1. The monoisotopic (exact) mass is 499 g/mol. The lowest BCUT2D eigenvalue weighted by Gasteiger charge is -2.33. The molecular formula is C31H30FNO4. The van der Waals surface area contributed by atoms with Crippen LogP contribution in [0.3, 0.4) is 0 Å². The van der Waals surface area contributed by atoms with E-state index in [1.165, 1.54) is 29.3 Å². The van der Waals surface area contributed by atoms with E-state index in [0.29, 0.717) is 13.0 Å². The van der Waals surface area contributed by atoms with Crippen LogP contribution in [0.5, 0.6) is 11.5 Å². The third kappa shape index (κ3) is 5.30. The van der Waals surface area contributed by atoms with Gasteiger partial charge in [0.05, 0.1) is 0 Å². The fraction of sp³-hybridized carbons (Fsp3) is 0.258. The van der Waals surface area contributed by atoms with Gasteiger partial charge in [-0.2, -0.15) is 0 Å². The molecule has 190 valence electrons. The number of carboxylic acid groups (broad SMARTS) is 1. The van der Waals surface area contributed by atoms with Gasteiger partial charge in [0.15, 0.2) is 17.7 Å². The van der Waals surface area contributed by atoms with Crippen LogP contribution >= 0.6 is 0 Å². The maximum absolute atomic E-state index is 14.5. The van der Waals surface area contributed by atoms with E-state index in [-0.39, 0.29) is 23.8 Å². The molecule has 1 unspecified atom stereocenters. The maximum atomic E-state index is 14.5. The van der Waals surface area contributed by atoms with Crippen molar-refractivity contribution in [3.63, 3.8) is 0 Å². The van der Waals surface area contributed by atoms with Crippen LogP contribution in [0.4, 0.5) is 4.39 Å². The van der Waals surface area contributed by atoms with Crippen LogP contribution in [0.15, 0.2) is 84.9 Å². The van der Waals surface area contributed by atoms with Gasteiger partial charge in [-0.25, -0.2) is 9.18 Å². The predicted octanol–water partition coefficient (Wildman–Crippen LogP) is 6.46. The van der Waals surface area contributed by atoms with Crippen LogP contribution in [-0.4, -0.2) is 29.8 Å². The highest BCUT2D eigenvalue weighted by Crippen LogP contribution is 2.41. The van der Waals surface area contributed by atoms with Gasteiger partial charge in [0, 0.05) is 24.1 Å². The smallest absolute Gasteiger partial charge is 0.344 e. The number of fused-ring (bicyclic) bond motifs is 2. The van der Waals surface area contributed by atoms with Crippen molar-refractivity contribution in [3.8, 4) is 11.5 Å². The van der Waals surface area contributed by atoms with E-state index < -0.39 is 17.9 Å². The zero-order chi connectivity index (χ0) is 25.9. The van der Waals surface area contributed by atoms with Gasteiger partial charge in [-0.1, -0.05) is 66.7 Å². The fourth-order valence-electron chi connectivity index (χ4n) is 5.05. The molecule has 0 saturated heterocycles. The highest BCUT2D eigenvalue weighted by atomic mass is 19.1. The van der Waals surface area contributed by atoms with Crippen molar-refractivity contribution in [1.82, 2.24) is 5.32 Å². The number of ether oxygens (including phenoxy) is 2. The predicted molar refractivity (Wildman–Crippen MR) is 142 cm³/mol. The van der Waals surface area contributed by atoms with E-state index >= 15 is 0 Å². The van der Waals surface area contributed by atoms with Crippen LogP contribution in [0.25, 0.3) is 10.8 Å². The molecule has 4 aromatic rings. The molecule has 0 bridgehead atoms. The van der Waals surface area contributed by atoms with E-state index in [0.717, 1.165) is 16.9 Å². The molecule has 37 heavy (non-hydrogen) atoms. The Kier molecular flexibility index (Phi) is 7.10. The van der Waals surface area contributed by atoms with Crippen molar-refractivity contribution in [3.05, 3.63) is 107 Å². The van der Waals surface area contributed by atoms with E-state index in [1.807, 2.05) is 30.3 Å². The Balaban J connectivity index is 1.37. The summed E-state index contributed by atoms with van der Waals surface area (Å²) in [5.74, 6) is -1.04. The van der Waals surface area contributed by atoms with Crippen molar-refractivity contribution in [2.24, 2.45) is 0 Å². The van der Waals surface area contributed by atoms with Gasteiger partial charge < -0.3 is 19.9 Å². The van der Waals surface area contributed by atoms with Crippen LogP contribution in [0.2, 0.25) is 0 Å². The Bertz CT molecular complexity index is 1420. The number of halogens is 1. The van der Waals surface area contributed by atoms with Gasteiger partial charge in [0.2, 0.25) is 0 Å². The minimum Gasteiger partial charge on any atom is -0.489 e. The molecule has 0 amide bonds. The second-order valence-electron chi connectivity index (χ2n) is 9.55. The molecule has 0 aliphatic carbocycles. The molecule has 4 aromatic carbocycles. The minimum atomic E-state index is -1.15. The van der Waals surface area contributed by atoms with E-state index in [2.05, 4.69) is 48.6 Å². The third-order valence-corrected chi connectivity index (χ3v) is 7.04. The molecule has 0 radical (unpaired) electrons. The fourth-order valence-corrected chi connectivity index (χ4v) is 5.05. The summed E-state index contributed by atoms with van der Waals surface area (Å²) in [6.45, 7) is 4.18. The van der Waals surface area contributed by atoms with Crippen molar-refractivity contribution in [2.45, 2.75) is 44.4 Å². The number of rotatable bonds is 8. The summed E-state index contributed by atoms with van der Waals surface area (Å²) in [4.78, 5) is 11.2. The normalized spacial score (nSPS) is 18.5. The lowest BCUT2D eigenvalue weighted by Crippen LogP contribution is -2.37. The minimum absolute atomic E-state index is 0.0484. The summed E-state index contributed by atoms with van der Waals surface area (Å²) in [6, 6.07) is 27.4. The molecule has 6 heteroatoms. The van der Waals surface area contributed by atoms with Crippen LogP contribution in [0.1, 0.15) is 48.9 Å². The first-order valence-corrected chi connectivity index (χ1v) is 12.6. The Morgan fingerprint density at radius 2 is 1.81 bits per heavy atom. The number of nitrogens with one attached hydrogen (secondary N) is 1. The highest BCUT2D eigenvalue weighted by Gasteiger charge is 2.30. The molecule has 1 aliphatic heterocycles. The van der Waals surface area contributed by atoms with E-state index in [1.54, 1.807) is 12.1 Å². The summed E-state index contributed by atoms with van der Waals surface area (Å²) >= 11 is 0. The Morgan fingerprint density at radius 1 is 1.05 bits per heavy atom. The number of hydrogen-bond acceptors (Lipinski definition) is 4. The maximum Gasteiger partial charge on any atom is 0.344 e. The molecule has 5 nitrogen and oxygen atoms in total. The average Bonchev–Trinajstić information content (AvgIpc) is 2.92. The number of carboxylic acids is 1. The molecule has 0 spiro atoms. The van der Waals surface area contributed by atoms with Crippen molar-refractivity contribution in [2.75, 3.05) is 6.54 Å². The molecule has 1 aliphatic rings. The van der Waals surface area contributed by atoms with Crippen molar-refractivity contribution >= 4 is 16.7 Å². The van der Waals surface area contributed by atoms with Gasteiger partial charge in [-0.15, -0.1) is 0 Å². The second-order valence-corrected chi connectivity index (χ2v) is 9.55. The first kappa shape index (κ1) is 24.8. The topological polar surface area (TPSA) is 67.8 Å². The number of hydrogen-bond donors (Lipinski definition) is 2. The van der Waals surface area contributed by atoms with Gasteiger partial charge in [-0.05, 0) is 60.4 Å². The lowest BCUT2D eigenvalue weighted by atomic mass is 9.84. The zero-order valence-electron chi connectivity index (χ0n) is 20.9. The number of para-hydroxylation sites is 1. The van der Waals surface area contributed by atoms with Crippen LogP contribution in [0, 0.1) is 5.82 Å². The Hall–Kier alpha value is -3.90. The zero-order valence-corrected chi connectivity index (χ0v) is 20.9. The summed E-state index contributed by atoms with van der Waals surface area (Å²) in [5.41, 5.74) is 3.11. The summed E-state index contributed by atoms with van der Waals surface area (Å²) < 4.78 is 26.2. The summed E-state index contributed by atoms with van der Waals surface area (Å²) in [5, 5.41) is 15.3. The van der Waals surface area contributed by atoms with Gasteiger partial charge in [0.1, 0.15) is 11.9 Å². The second kappa shape index (κ2) is 10.6. The van der Waals surface area contributed by atoms with Crippen LogP contribution < -0.4 is 14.8 Å². The molecule has 2 N–H and O–H groups in total. The van der Waals surface area contributed by atoms with E-state index in [9.17, 15) is 14.3 Å². The van der Waals surface area contributed by atoms with Gasteiger partial charge in [-0.3, -0.25) is 0 Å². The van der Waals surface area contributed by atoms with E-state index in [4.69, 9.17) is 9.47 Å². The standard InChI is InChI=1S/C31H30FNO4/c1-19(24-12-7-9-21-8-3-4-10-25(21)24)33-18-23-17-27(26-11-5-6-13-29(26)37-23)22-14-15-28(32)30(16-22)36-20(2)31(34)35/h3-16,19-20,23,27,33H,17-18H2,1-2H3,(H,34,35)/t19-,20?,23-,27+/m1/s1. The van der Waals surface area contributed by atoms with Gasteiger partial charge >= 0.3 is 5.97 Å². The molecule has 5 rings (SSSR count). The molecule has 4 atom stereocenters. The lowest BCUT2D eigenvalue weighted by molar-refractivity contribution is -0.144. The third-order valence-electron chi connectivity index (χ3n) is 7.04. The quantitative estimate of drug-likeness (QED) is 0.291.